The lowest BCUT2D eigenvalue weighted by Gasteiger charge is -2.37. The number of aromatic nitrogens is 2. The van der Waals surface area contributed by atoms with Crippen molar-refractivity contribution in [3.05, 3.63) is 28.5 Å². The van der Waals surface area contributed by atoms with Crippen molar-refractivity contribution in [1.82, 2.24) is 10.2 Å². The number of H-pyrrole nitrogens is 1. The SMILES string of the molecule is C[C@H](Nc1cc(-c2n[nH]c(=O)o2)cc(F)c1OC(F)(F)F)C1CC(N)C1.Cl. The summed E-state index contributed by atoms with van der Waals surface area (Å²) in [5, 5.41) is 8.38. The Balaban J connectivity index is 0.00000261. The van der Waals surface area contributed by atoms with Gasteiger partial charge in [0, 0.05) is 17.6 Å². The average molecular weight is 413 g/mol. The summed E-state index contributed by atoms with van der Waals surface area (Å²) < 4.78 is 60.8. The lowest BCUT2D eigenvalue weighted by atomic mass is 9.76. The highest BCUT2D eigenvalue weighted by molar-refractivity contribution is 5.85. The van der Waals surface area contributed by atoms with Crippen LogP contribution in [0.15, 0.2) is 21.3 Å². The Labute approximate surface area is 156 Å². The van der Waals surface area contributed by atoms with Crippen molar-refractivity contribution in [2.45, 2.75) is 38.2 Å². The van der Waals surface area contributed by atoms with Gasteiger partial charge in [-0.05, 0) is 37.8 Å². The van der Waals surface area contributed by atoms with Gasteiger partial charge in [-0.1, -0.05) is 0 Å². The van der Waals surface area contributed by atoms with Crippen LogP contribution < -0.4 is 21.5 Å². The molecule has 1 aliphatic carbocycles. The standard InChI is InChI=1S/C15H16F4N4O3.ClH/c1-6(7-2-9(20)3-7)21-11-5-8(13-22-23-14(24)25-13)4-10(16)12(11)26-15(17,18)19;/h4-7,9,21H,2-3,20H2,1H3,(H,23,24);1H/t6-,7?,9?;/m0./s1. The summed E-state index contributed by atoms with van der Waals surface area (Å²) >= 11 is 0. The highest BCUT2D eigenvalue weighted by Gasteiger charge is 2.36. The molecule has 3 rings (SSSR count). The third-order valence-corrected chi connectivity index (χ3v) is 4.25. The van der Waals surface area contributed by atoms with Gasteiger partial charge in [0.25, 0.3) is 0 Å². The van der Waals surface area contributed by atoms with Gasteiger partial charge in [-0.25, -0.2) is 14.3 Å². The van der Waals surface area contributed by atoms with E-state index in [1.54, 1.807) is 6.92 Å². The monoisotopic (exact) mass is 412 g/mol. The van der Waals surface area contributed by atoms with Gasteiger partial charge in [0.05, 0.1) is 5.69 Å². The van der Waals surface area contributed by atoms with Crippen LogP contribution in [0.4, 0.5) is 23.2 Å². The summed E-state index contributed by atoms with van der Waals surface area (Å²) in [7, 11) is 0. The van der Waals surface area contributed by atoms with E-state index in [4.69, 9.17) is 10.2 Å². The Bertz CT molecular complexity index is 848. The Morgan fingerprint density at radius 2 is 2.07 bits per heavy atom. The molecule has 4 N–H and O–H groups in total. The Morgan fingerprint density at radius 3 is 2.59 bits per heavy atom. The highest BCUT2D eigenvalue weighted by Crippen LogP contribution is 2.38. The predicted octanol–water partition coefficient (Wildman–Crippen LogP) is 3.03. The number of aromatic amines is 1. The molecule has 0 bridgehead atoms. The molecule has 1 aromatic heterocycles. The third-order valence-electron chi connectivity index (χ3n) is 4.25. The Kier molecular flexibility index (Phi) is 6.05. The average Bonchev–Trinajstić information content (AvgIpc) is 2.92. The van der Waals surface area contributed by atoms with Crippen molar-refractivity contribution in [3.63, 3.8) is 0 Å². The van der Waals surface area contributed by atoms with Crippen LogP contribution in [0.2, 0.25) is 0 Å². The van der Waals surface area contributed by atoms with Crippen LogP contribution in [0.25, 0.3) is 11.5 Å². The van der Waals surface area contributed by atoms with E-state index in [0.717, 1.165) is 6.07 Å². The summed E-state index contributed by atoms with van der Waals surface area (Å²) in [6, 6.07) is 1.70. The second-order valence-electron chi connectivity index (χ2n) is 6.23. The van der Waals surface area contributed by atoms with Crippen molar-refractivity contribution in [3.8, 4) is 17.2 Å². The molecule has 27 heavy (non-hydrogen) atoms. The van der Waals surface area contributed by atoms with Crippen molar-refractivity contribution >= 4 is 18.1 Å². The molecule has 1 aliphatic rings. The van der Waals surface area contributed by atoms with Gasteiger partial charge < -0.3 is 20.2 Å². The fraction of sp³-hybridized carbons (Fsp3) is 0.467. The van der Waals surface area contributed by atoms with Crippen LogP contribution in [0.3, 0.4) is 0 Å². The van der Waals surface area contributed by atoms with Crippen LogP contribution in [-0.4, -0.2) is 28.6 Å². The molecular formula is C15H17ClF4N4O3. The number of alkyl halides is 3. The van der Waals surface area contributed by atoms with E-state index in [1.807, 2.05) is 5.10 Å². The maximum Gasteiger partial charge on any atom is 0.573 e. The van der Waals surface area contributed by atoms with Crippen molar-refractivity contribution in [2.24, 2.45) is 11.7 Å². The first-order chi connectivity index (χ1) is 12.1. The number of hydrogen-bond acceptors (Lipinski definition) is 6. The number of nitrogens with zero attached hydrogens (tertiary/aromatic N) is 1. The minimum absolute atomic E-state index is 0. The van der Waals surface area contributed by atoms with Gasteiger partial charge in [-0.3, -0.25) is 0 Å². The number of rotatable bonds is 5. The molecule has 0 amide bonds. The summed E-state index contributed by atoms with van der Waals surface area (Å²) in [5.41, 5.74) is 5.48. The van der Waals surface area contributed by atoms with Crippen LogP contribution >= 0.6 is 12.4 Å². The lowest BCUT2D eigenvalue weighted by molar-refractivity contribution is -0.275. The lowest BCUT2D eigenvalue weighted by Crippen LogP contribution is -2.44. The zero-order valence-electron chi connectivity index (χ0n) is 14.0. The van der Waals surface area contributed by atoms with E-state index >= 15 is 0 Å². The zero-order chi connectivity index (χ0) is 19.1. The number of ether oxygens (including phenoxy) is 1. The summed E-state index contributed by atoms with van der Waals surface area (Å²) in [4.78, 5) is 11.1. The smallest absolute Gasteiger partial charge is 0.400 e. The number of halogens is 5. The highest BCUT2D eigenvalue weighted by atomic mass is 35.5. The summed E-state index contributed by atoms with van der Waals surface area (Å²) in [6.45, 7) is 1.76. The first-order valence-electron chi connectivity index (χ1n) is 7.79. The fourth-order valence-corrected chi connectivity index (χ4v) is 2.88. The number of benzene rings is 1. The van der Waals surface area contributed by atoms with E-state index < -0.39 is 23.7 Å². The van der Waals surface area contributed by atoms with Gasteiger partial charge in [-0.2, -0.15) is 0 Å². The molecule has 7 nitrogen and oxygen atoms in total. The Morgan fingerprint density at radius 1 is 1.41 bits per heavy atom. The first-order valence-corrected chi connectivity index (χ1v) is 7.79. The second kappa shape index (κ2) is 7.77. The summed E-state index contributed by atoms with van der Waals surface area (Å²) in [5.74, 6) is -3.25. The molecule has 1 atom stereocenters. The van der Waals surface area contributed by atoms with Gasteiger partial charge in [0.1, 0.15) is 0 Å². The maximum absolute atomic E-state index is 14.3. The first kappa shape index (κ1) is 21.0. The van der Waals surface area contributed by atoms with Crippen molar-refractivity contribution in [1.29, 1.82) is 0 Å². The van der Waals surface area contributed by atoms with E-state index in [2.05, 4.69) is 15.2 Å². The molecule has 0 spiro atoms. The molecule has 1 fully saturated rings. The quantitative estimate of drug-likeness (QED) is 0.652. The van der Waals surface area contributed by atoms with E-state index in [9.17, 15) is 22.4 Å². The zero-order valence-corrected chi connectivity index (χ0v) is 14.8. The molecule has 12 heteroatoms. The molecule has 1 heterocycles. The number of nitrogens with two attached hydrogens (primary N) is 1. The number of anilines is 1. The predicted molar refractivity (Wildman–Crippen MR) is 90.2 cm³/mol. The van der Waals surface area contributed by atoms with Gasteiger partial charge in [0.15, 0.2) is 11.6 Å². The molecule has 1 saturated carbocycles. The second-order valence-corrected chi connectivity index (χ2v) is 6.23. The van der Waals surface area contributed by atoms with Crippen LogP contribution in [0, 0.1) is 11.7 Å². The minimum atomic E-state index is -5.07. The number of hydrogen-bond donors (Lipinski definition) is 3. The van der Waals surface area contributed by atoms with Gasteiger partial charge >= 0.3 is 12.1 Å². The molecule has 150 valence electrons. The normalized spacial score (nSPS) is 20.4. The van der Waals surface area contributed by atoms with Gasteiger partial charge in [0.2, 0.25) is 5.89 Å². The third kappa shape index (κ3) is 4.92. The molecule has 0 unspecified atom stereocenters. The minimum Gasteiger partial charge on any atom is -0.400 e. The van der Waals surface area contributed by atoms with E-state index in [0.29, 0.717) is 12.8 Å². The molecule has 0 aliphatic heterocycles. The van der Waals surface area contributed by atoms with Crippen molar-refractivity contribution < 1.29 is 26.7 Å². The van der Waals surface area contributed by atoms with Crippen LogP contribution in [-0.2, 0) is 0 Å². The van der Waals surface area contributed by atoms with Crippen LogP contribution in [0.5, 0.6) is 5.75 Å². The molecule has 2 aromatic rings. The van der Waals surface area contributed by atoms with Crippen LogP contribution in [0.1, 0.15) is 19.8 Å². The van der Waals surface area contributed by atoms with Gasteiger partial charge in [-0.15, -0.1) is 30.7 Å². The Hall–Kier alpha value is -2.27. The fourth-order valence-electron chi connectivity index (χ4n) is 2.88. The molecular weight excluding hydrogens is 396 g/mol. The van der Waals surface area contributed by atoms with Crippen molar-refractivity contribution in [2.75, 3.05) is 5.32 Å². The summed E-state index contributed by atoms with van der Waals surface area (Å²) in [6.07, 6.45) is -3.65. The maximum atomic E-state index is 14.3. The van der Waals surface area contributed by atoms with E-state index in [1.165, 1.54) is 6.07 Å². The topological polar surface area (TPSA) is 106 Å². The molecule has 0 radical (unpaired) electrons. The van der Waals surface area contributed by atoms with E-state index in [-0.39, 0.29) is 47.6 Å². The molecule has 1 aromatic carbocycles. The number of nitrogens with one attached hydrogen (secondary N) is 2. The molecule has 0 saturated heterocycles. The largest absolute Gasteiger partial charge is 0.573 e.